The third kappa shape index (κ3) is 4.45. The van der Waals surface area contributed by atoms with Gasteiger partial charge in [0.1, 0.15) is 11.3 Å². The van der Waals surface area contributed by atoms with Crippen molar-refractivity contribution in [1.82, 2.24) is 9.80 Å². The molecule has 2 aliphatic heterocycles. The fourth-order valence-electron chi connectivity index (χ4n) is 3.87. The molecule has 1 aromatic rings. The maximum Gasteiger partial charge on any atom is 0.412 e. The van der Waals surface area contributed by atoms with Crippen molar-refractivity contribution in [1.29, 1.82) is 0 Å². The Kier molecular flexibility index (Phi) is 6.11. The van der Waals surface area contributed by atoms with Crippen molar-refractivity contribution in [3.63, 3.8) is 0 Å². The van der Waals surface area contributed by atoms with Crippen LogP contribution in [0.5, 0.6) is 0 Å². The Morgan fingerprint density at radius 3 is 2.53 bits per heavy atom. The summed E-state index contributed by atoms with van der Waals surface area (Å²) >= 11 is 0. The fraction of sp³-hybridized carbons (Fsp3) is 0.565. The number of ether oxygens (including phenoxy) is 3. The SMILES string of the molecule is CO[C@@H]1C(=O)N(CC#Cc2ccccc2)[C@@H]1[C@@H]1COC(C)(C)N1C(=O)OC(C)(C)C. The molecule has 162 valence electrons. The molecule has 2 fully saturated rings. The molecule has 0 radical (unpaired) electrons. The summed E-state index contributed by atoms with van der Waals surface area (Å²) in [6, 6.07) is 8.84. The number of carbonyl (C=O) groups is 2. The lowest BCUT2D eigenvalue weighted by Gasteiger charge is -2.50. The van der Waals surface area contributed by atoms with Crippen LogP contribution in [0.4, 0.5) is 4.79 Å². The Balaban J connectivity index is 1.81. The predicted molar refractivity (Wildman–Crippen MR) is 112 cm³/mol. The van der Waals surface area contributed by atoms with Gasteiger partial charge in [-0.05, 0) is 46.8 Å². The molecule has 7 nitrogen and oxygen atoms in total. The fourth-order valence-corrected chi connectivity index (χ4v) is 3.87. The van der Waals surface area contributed by atoms with E-state index in [2.05, 4.69) is 11.8 Å². The normalized spacial score (nSPS) is 25.4. The first-order chi connectivity index (χ1) is 14.0. The zero-order valence-corrected chi connectivity index (χ0v) is 18.5. The van der Waals surface area contributed by atoms with E-state index in [0.717, 1.165) is 5.56 Å². The summed E-state index contributed by atoms with van der Waals surface area (Å²) in [7, 11) is 1.50. The Labute approximate surface area is 178 Å². The number of nitrogens with zero attached hydrogens (tertiary/aromatic N) is 2. The molecule has 0 spiro atoms. The molecule has 3 rings (SSSR count). The minimum atomic E-state index is -0.856. The van der Waals surface area contributed by atoms with Crippen LogP contribution in [-0.4, -0.2) is 71.6 Å². The monoisotopic (exact) mass is 414 g/mol. The molecule has 0 N–H and O–H groups in total. The molecule has 1 aromatic carbocycles. The van der Waals surface area contributed by atoms with E-state index in [1.54, 1.807) is 9.80 Å². The van der Waals surface area contributed by atoms with E-state index in [0.29, 0.717) is 0 Å². The van der Waals surface area contributed by atoms with E-state index in [1.165, 1.54) is 7.11 Å². The number of hydrogen-bond donors (Lipinski definition) is 0. The molecule has 2 heterocycles. The summed E-state index contributed by atoms with van der Waals surface area (Å²) in [5.74, 6) is 5.99. The standard InChI is InChI=1S/C23H30N2O5/c1-22(2,3)30-21(27)25-17(15-29-23(25,4)5)18-19(28-6)20(26)24(18)14-10-13-16-11-8-7-9-12-16/h7-9,11-12,17-19H,14-15H2,1-6H3/t17-,18+,19-/m0/s1. The highest BCUT2D eigenvalue weighted by molar-refractivity contribution is 5.89. The van der Waals surface area contributed by atoms with Crippen LogP contribution in [0.3, 0.4) is 0 Å². The van der Waals surface area contributed by atoms with Gasteiger partial charge in [-0.2, -0.15) is 0 Å². The average molecular weight is 415 g/mol. The summed E-state index contributed by atoms with van der Waals surface area (Å²) in [5.41, 5.74) is -0.617. The van der Waals surface area contributed by atoms with Gasteiger partial charge >= 0.3 is 6.09 Å². The number of likely N-dealkylation sites (tertiary alicyclic amines) is 1. The highest BCUT2D eigenvalue weighted by Crippen LogP contribution is 2.37. The van der Waals surface area contributed by atoms with Gasteiger partial charge in [-0.15, -0.1) is 0 Å². The topological polar surface area (TPSA) is 68.3 Å². The van der Waals surface area contributed by atoms with Gasteiger partial charge in [0, 0.05) is 12.7 Å². The largest absolute Gasteiger partial charge is 0.444 e. The molecule has 2 aliphatic rings. The van der Waals surface area contributed by atoms with Gasteiger partial charge in [0.2, 0.25) is 0 Å². The van der Waals surface area contributed by atoms with Gasteiger partial charge in [-0.3, -0.25) is 9.69 Å². The number of β-lactam (4-membered cyclic amide) rings is 1. The van der Waals surface area contributed by atoms with Crippen LogP contribution in [0, 0.1) is 11.8 Å². The summed E-state index contributed by atoms with van der Waals surface area (Å²) in [6.07, 6.45) is -1.12. The number of benzene rings is 1. The Bertz CT molecular complexity index is 850. The van der Waals surface area contributed by atoms with Crippen LogP contribution in [0.1, 0.15) is 40.2 Å². The van der Waals surface area contributed by atoms with E-state index in [-0.39, 0.29) is 25.1 Å². The molecule has 0 saturated carbocycles. The summed E-state index contributed by atoms with van der Waals surface area (Å²) in [5, 5.41) is 0. The van der Waals surface area contributed by atoms with Crippen LogP contribution >= 0.6 is 0 Å². The summed E-state index contributed by atoms with van der Waals surface area (Å²) in [6.45, 7) is 9.63. The molecule has 7 heteroatoms. The zero-order chi connectivity index (χ0) is 22.1. The van der Waals surface area contributed by atoms with Crippen molar-refractivity contribution >= 4 is 12.0 Å². The molecular weight excluding hydrogens is 384 g/mol. The highest BCUT2D eigenvalue weighted by Gasteiger charge is 2.59. The molecule has 0 unspecified atom stereocenters. The zero-order valence-electron chi connectivity index (χ0n) is 18.5. The first kappa shape index (κ1) is 22.1. The van der Waals surface area contributed by atoms with E-state index < -0.39 is 29.6 Å². The second-order valence-corrected chi connectivity index (χ2v) is 8.96. The molecule has 2 saturated heterocycles. The molecule has 30 heavy (non-hydrogen) atoms. The van der Waals surface area contributed by atoms with Crippen molar-refractivity contribution < 1.29 is 23.8 Å². The van der Waals surface area contributed by atoms with Gasteiger partial charge in [-0.1, -0.05) is 30.0 Å². The van der Waals surface area contributed by atoms with Crippen molar-refractivity contribution in [2.24, 2.45) is 0 Å². The minimum absolute atomic E-state index is 0.140. The molecule has 0 bridgehead atoms. The first-order valence-electron chi connectivity index (χ1n) is 10.1. The van der Waals surface area contributed by atoms with Crippen molar-refractivity contribution in [2.75, 3.05) is 20.3 Å². The Hall–Kier alpha value is -2.56. The molecule has 0 aromatic heterocycles. The van der Waals surface area contributed by atoms with Gasteiger partial charge in [0.15, 0.2) is 6.10 Å². The molecular formula is C23H30N2O5. The third-order valence-electron chi connectivity index (χ3n) is 5.21. The van der Waals surface area contributed by atoms with Gasteiger partial charge in [0.25, 0.3) is 5.91 Å². The lowest BCUT2D eigenvalue weighted by molar-refractivity contribution is -0.174. The number of methoxy groups -OCH3 is 1. The number of rotatable bonds is 3. The number of amides is 2. The maximum absolute atomic E-state index is 13.0. The lowest BCUT2D eigenvalue weighted by atomic mass is 9.90. The van der Waals surface area contributed by atoms with Crippen LogP contribution in [0.2, 0.25) is 0 Å². The highest BCUT2D eigenvalue weighted by atomic mass is 16.6. The van der Waals surface area contributed by atoms with E-state index in [9.17, 15) is 9.59 Å². The number of carbonyl (C=O) groups excluding carboxylic acids is 2. The quantitative estimate of drug-likeness (QED) is 0.562. The minimum Gasteiger partial charge on any atom is -0.444 e. The lowest BCUT2D eigenvalue weighted by Crippen LogP contribution is -2.73. The smallest absolute Gasteiger partial charge is 0.412 e. The maximum atomic E-state index is 13.0. The Morgan fingerprint density at radius 1 is 1.27 bits per heavy atom. The van der Waals surface area contributed by atoms with Crippen LogP contribution in [0.15, 0.2) is 30.3 Å². The second-order valence-electron chi connectivity index (χ2n) is 8.96. The average Bonchev–Trinajstić information content (AvgIpc) is 2.97. The predicted octanol–water partition coefficient (Wildman–Crippen LogP) is 2.64. The summed E-state index contributed by atoms with van der Waals surface area (Å²) in [4.78, 5) is 28.8. The molecule has 3 atom stereocenters. The van der Waals surface area contributed by atoms with E-state index >= 15 is 0 Å². The van der Waals surface area contributed by atoms with Gasteiger partial charge in [0.05, 0.1) is 25.2 Å². The van der Waals surface area contributed by atoms with Gasteiger partial charge in [-0.25, -0.2) is 4.79 Å². The second kappa shape index (κ2) is 8.29. The van der Waals surface area contributed by atoms with Crippen molar-refractivity contribution in [3.05, 3.63) is 35.9 Å². The Morgan fingerprint density at radius 2 is 1.93 bits per heavy atom. The molecule has 2 amide bonds. The first-order valence-corrected chi connectivity index (χ1v) is 10.1. The van der Waals surface area contributed by atoms with Crippen LogP contribution in [-0.2, 0) is 19.0 Å². The summed E-state index contributed by atoms with van der Waals surface area (Å²) < 4.78 is 17.0. The third-order valence-corrected chi connectivity index (χ3v) is 5.21. The van der Waals surface area contributed by atoms with Crippen molar-refractivity contribution in [3.8, 4) is 11.8 Å². The van der Waals surface area contributed by atoms with E-state index in [4.69, 9.17) is 14.2 Å². The van der Waals surface area contributed by atoms with Crippen LogP contribution < -0.4 is 0 Å². The number of hydrogen-bond acceptors (Lipinski definition) is 5. The van der Waals surface area contributed by atoms with Gasteiger partial charge < -0.3 is 19.1 Å². The van der Waals surface area contributed by atoms with Crippen LogP contribution in [0.25, 0.3) is 0 Å². The van der Waals surface area contributed by atoms with Crippen molar-refractivity contribution in [2.45, 2.75) is 64.1 Å². The van der Waals surface area contributed by atoms with E-state index in [1.807, 2.05) is 65.0 Å². The molecule has 0 aliphatic carbocycles.